The summed E-state index contributed by atoms with van der Waals surface area (Å²) in [6.45, 7) is 5.65. The molecule has 0 saturated heterocycles. The number of aryl methyl sites for hydroxylation is 1. The lowest BCUT2D eigenvalue weighted by molar-refractivity contribution is -0.117. The average molecular weight is 256 g/mol. The van der Waals surface area contributed by atoms with Crippen LogP contribution in [0.3, 0.4) is 0 Å². The van der Waals surface area contributed by atoms with Gasteiger partial charge in [0.2, 0.25) is 5.91 Å². The SMILES string of the molecule is Cc1ccc(NC(=O)C(C)(C)Br)cc1. The second-order valence-electron chi connectivity index (χ2n) is 3.79. The van der Waals surface area contributed by atoms with E-state index in [0.29, 0.717) is 0 Å². The zero-order valence-electron chi connectivity index (χ0n) is 8.60. The lowest BCUT2D eigenvalue weighted by Crippen LogP contribution is -2.30. The maximum absolute atomic E-state index is 11.6. The highest BCUT2D eigenvalue weighted by Gasteiger charge is 2.23. The Kier molecular flexibility index (Phi) is 3.32. The van der Waals surface area contributed by atoms with Crippen molar-refractivity contribution in [3.8, 4) is 0 Å². The van der Waals surface area contributed by atoms with Crippen LogP contribution in [0.4, 0.5) is 5.69 Å². The van der Waals surface area contributed by atoms with E-state index in [1.54, 1.807) is 0 Å². The van der Waals surface area contributed by atoms with E-state index >= 15 is 0 Å². The third-order valence-corrected chi connectivity index (χ3v) is 2.21. The van der Waals surface area contributed by atoms with Gasteiger partial charge in [0.05, 0.1) is 4.32 Å². The van der Waals surface area contributed by atoms with E-state index in [-0.39, 0.29) is 5.91 Å². The normalized spacial score (nSPS) is 11.1. The average Bonchev–Trinajstić information content (AvgIpc) is 2.07. The highest BCUT2D eigenvalue weighted by molar-refractivity contribution is 9.10. The van der Waals surface area contributed by atoms with Gasteiger partial charge >= 0.3 is 0 Å². The molecule has 1 amide bonds. The van der Waals surface area contributed by atoms with Gasteiger partial charge in [0.25, 0.3) is 0 Å². The van der Waals surface area contributed by atoms with E-state index in [1.807, 2.05) is 45.0 Å². The van der Waals surface area contributed by atoms with E-state index in [9.17, 15) is 4.79 Å². The summed E-state index contributed by atoms with van der Waals surface area (Å²) >= 11 is 3.30. The highest BCUT2D eigenvalue weighted by Crippen LogP contribution is 2.18. The first-order chi connectivity index (χ1) is 6.39. The molecule has 0 heterocycles. The number of halogens is 1. The van der Waals surface area contributed by atoms with Crippen molar-refractivity contribution in [1.82, 2.24) is 0 Å². The number of rotatable bonds is 2. The lowest BCUT2D eigenvalue weighted by atomic mass is 10.2. The van der Waals surface area contributed by atoms with Gasteiger partial charge in [-0.3, -0.25) is 4.79 Å². The van der Waals surface area contributed by atoms with Gasteiger partial charge in [-0.15, -0.1) is 0 Å². The molecule has 0 atom stereocenters. The Balaban J connectivity index is 2.71. The first-order valence-electron chi connectivity index (χ1n) is 4.46. The molecular weight excluding hydrogens is 242 g/mol. The molecule has 0 bridgehead atoms. The summed E-state index contributed by atoms with van der Waals surface area (Å²) in [7, 11) is 0. The van der Waals surface area contributed by atoms with Crippen molar-refractivity contribution in [1.29, 1.82) is 0 Å². The van der Waals surface area contributed by atoms with Crippen LogP contribution < -0.4 is 5.32 Å². The molecule has 0 aliphatic rings. The molecule has 0 aliphatic carbocycles. The number of amides is 1. The molecule has 1 aromatic rings. The van der Waals surface area contributed by atoms with E-state index in [2.05, 4.69) is 21.2 Å². The van der Waals surface area contributed by atoms with Crippen molar-refractivity contribution < 1.29 is 4.79 Å². The van der Waals surface area contributed by atoms with E-state index in [1.165, 1.54) is 5.56 Å². The largest absolute Gasteiger partial charge is 0.325 e. The van der Waals surface area contributed by atoms with Gasteiger partial charge in [0, 0.05) is 5.69 Å². The monoisotopic (exact) mass is 255 g/mol. The molecule has 0 fully saturated rings. The predicted molar refractivity (Wildman–Crippen MR) is 62.8 cm³/mol. The van der Waals surface area contributed by atoms with Crippen LogP contribution in [0.1, 0.15) is 19.4 Å². The molecule has 0 aliphatic heterocycles. The molecule has 0 radical (unpaired) electrons. The van der Waals surface area contributed by atoms with Crippen LogP contribution in [0.5, 0.6) is 0 Å². The molecular formula is C11H14BrNO. The van der Waals surface area contributed by atoms with Crippen LogP contribution in [-0.4, -0.2) is 10.2 Å². The molecule has 1 aromatic carbocycles. The quantitative estimate of drug-likeness (QED) is 0.809. The van der Waals surface area contributed by atoms with E-state index < -0.39 is 4.32 Å². The predicted octanol–water partition coefficient (Wildman–Crippen LogP) is 3.11. The van der Waals surface area contributed by atoms with Crippen LogP contribution in [-0.2, 0) is 4.79 Å². The van der Waals surface area contributed by atoms with Crippen molar-refractivity contribution in [3.05, 3.63) is 29.8 Å². The third kappa shape index (κ3) is 3.14. The Labute approximate surface area is 92.8 Å². The molecule has 1 rings (SSSR count). The van der Waals surface area contributed by atoms with Gasteiger partial charge < -0.3 is 5.32 Å². The van der Waals surface area contributed by atoms with Gasteiger partial charge in [0.1, 0.15) is 0 Å². The number of hydrogen-bond acceptors (Lipinski definition) is 1. The second kappa shape index (κ2) is 4.13. The van der Waals surface area contributed by atoms with Crippen molar-refractivity contribution in [2.75, 3.05) is 5.32 Å². The molecule has 14 heavy (non-hydrogen) atoms. The molecule has 76 valence electrons. The topological polar surface area (TPSA) is 29.1 Å². The maximum Gasteiger partial charge on any atom is 0.240 e. The Bertz CT molecular complexity index is 324. The van der Waals surface area contributed by atoms with Gasteiger partial charge in [0.15, 0.2) is 0 Å². The number of carbonyl (C=O) groups excluding carboxylic acids is 1. The number of alkyl halides is 1. The molecule has 0 unspecified atom stereocenters. The first-order valence-corrected chi connectivity index (χ1v) is 5.26. The van der Waals surface area contributed by atoms with E-state index in [0.717, 1.165) is 5.69 Å². The van der Waals surface area contributed by atoms with E-state index in [4.69, 9.17) is 0 Å². The molecule has 1 N–H and O–H groups in total. The van der Waals surface area contributed by atoms with Gasteiger partial charge in [-0.25, -0.2) is 0 Å². The fourth-order valence-electron chi connectivity index (χ4n) is 0.917. The molecule has 3 heteroatoms. The smallest absolute Gasteiger partial charge is 0.240 e. The number of carbonyl (C=O) groups is 1. The minimum Gasteiger partial charge on any atom is -0.325 e. The van der Waals surface area contributed by atoms with Gasteiger partial charge in [-0.1, -0.05) is 33.6 Å². The zero-order chi connectivity index (χ0) is 10.8. The molecule has 0 spiro atoms. The van der Waals surface area contributed by atoms with Crippen molar-refractivity contribution in [3.63, 3.8) is 0 Å². The summed E-state index contributed by atoms with van der Waals surface area (Å²) in [5, 5.41) is 2.82. The van der Waals surface area contributed by atoms with Crippen molar-refractivity contribution >= 4 is 27.5 Å². The summed E-state index contributed by atoms with van der Waals surface area (Å²) in [6, 6.07) is 7.73. The van der Waals surface area contributed by atoms with Crippen LogP contribution in [0, 0.1) is 6.92 Å². The van der Waals surface area contributed by atoms with Crippen LogP contribution in [0.2, 0.25) is 0 Å². The Morgan fingerprint density at radius 3 is 2.21 bits per heavy atom. The van der Waals surface area contributed by atoms with Crippen molar-refractivity contribution in [2.45, 2.75) is 25.1 Å². The number of hydrogen-bond donors (Lipinski definition) is 1. The lowest BCUT2D eigenvalue weighted by Gasteiger charge is -2.15. The standard InChI is InChI=1S/C11H14BrNO/c1-8-4-6-9(7-5-8)13-10(14)11(2,3)12/h4-7H,1-3H3,(H,13,14). The Morgan fingerprint density at radius 1 is 1.29 bits per heavy atom. The second-order valence-corrected chi connectivity index (χ2v) is 5.78. The summed E-state index contributed by atoms with van der Waals surface area (Å²) in [5.41, 5.74) is 2.01. The van der Waals surface area contributed by atoms with Gasteiger partial charge in [-0.2, -0.15) is 0 Å². The molecule has 0 aromatic heterocycles. The fourth-order valence-corrected chi connectivity index (χ4v) is 1.02. The number of nitrogens with one attached hydrogen (secondary N) is 1. The third-order valence-electron chi connectivity index (χ3n) is 1.85. The summed E-state index contributed by atoms with van der Waals surface area (Å²) in [5.74, 6) is -0.0404. The minimum atomic E-state index is -0.530. The highest BCUT2D eigenvalue weighted by atomic mass is 79.9. The van der Waals surface area contributed by atoms with Crippen LogP contribution >= 0.6 is 15.9 Å². The summed E-state index contributed by atoms with van der Waals surface area (Å²) < 4.78 is -0.530. The fraction of sp³-hybridized carbons (Fsp3) is 0.364. The Morgan fingerprint density at radius 2 is 1.79 bits per heavy atom. The van der Waals surface area contributed by atoms with Crippen molar-refractivity contribution in [2.24, 2.45) is 0 Å². The van der Waals surface area contributed by atoms with Crippen LogP contribution in [0.25, 0.3) is 0 Å². The Hall–Kier alpha value is -0.830. The van der Waals surface area contributed by atoms with Crippen LogP contribution in [0.15, 0.2) is 24.3 Å². The minimum absolute atomic E-state index is 0.0404. The zero-order valence-corrected chi connectivity index (χ0v) is 10.2. The van der Waals surface area contributed by atoms with Gasteiger partial charge in [-0.05, 0) is 32.9 Å². The first kappa shape index (κ1) is 11.2. The number of anilines is 1. The maximum atomic E-state index is 11.6. The number of benzene rings is 1. The molecule has 2 nitrogen and oxygen atoms in total. The molecule has 0 saturated carbocycles. The summed E-state index contributed by atoms with van der Waals surface area (Å²) in [4.78, 5) is 11.6. The summed E-state index contributed by atoms with van der Waals surface area (Å²) in [6.07, 6.45) is 0.